The van der Waals surface area contributed by atoms with Crippen molar-refractivity contribution in [3.8, 4) is 11.1 Å². The van der Waals surface area contributed by atoms with Crippen LogP contribution in [0, 0.1) is 6.92 Å². The monoisotopic (exact) mass is 410 g/mol. The van der Waals surface area contributed by atoms with Crippen LogP contribution in [0.1, 0.15) is 31.5 Å². The summed E-state index contributed by atoms with van der Waals surface area (Å²) >= 11 is 1.55. The van der Waals surface area contributed by atoms with Crippen LogP contribution in [0.4, 0.5) is 0 Å². The van der Waals surface area contributed by atoms with Crippen LogP contribution in [0.25, 0.3) is 11.1 Å². The van der Waals surface area contributed by atoms with Crippen LogP contribution in [0.15, 0.2) is 42.5 Å². The summed E-state index contributed by atoms with van der Waals surface area (Å²) in [7, 11) is 4.04. The van der Waals surface area contributed by atoms with Gasteiger partial charge in [0.05, 0.1) is 6.61 Å². The van der Waals surface area contributed by atoms with Crippen molar-refractivity contribution in [3.63, 3.8) is 0 Å². The van der Waals surface area contributed by atoms with E-state index in [1.54, 1.807) is 11.3 Å². The lowest BCUT2D eigenvalue weighted by Crippen LogP contribution is -2.25. The Labute approximate surface area is 175 Å². The van der Waals surface area contributed by atoms with E-state index in [9.17, 15) is 9.90 Å². The molecule has 0 spiro atoms. The lowest BCUT2D eigenvalue weighted by Gasteiger charge is -2.14. The average molecular weight is 411 g/mol. The molecule has 29 heavy (non-hydrogen) atoms. The number of hydrogen-bond acceptors (Lipinski definition) is 6. The average Bonchev–Trinajstić information content (AvgIpc) is 3.12. The minimum absolute atomic E-state index is 0.0239. The Balaban J connectivity index is 1.65. The minimum Gasteiger partial charge on any atom is -0.392 e. The molecule has 0 saturated heterocycles. The first-order valence-electron chi connectivity index (χ1n) is 9.51. The fourth-order valence-electron chi connectivity index (χ4n) is 3.15. The first-order valence-corrected chi connectivity index (χ1v) is 10.3. The standard InChI is InChI=1S/C22H26N4O2S/c1-15-24-25-21(29-15)10-11-23-22(28)18-7-5-17(6-8-18)20-9-4-16(13-26(2)3)12-19(20)14-27/h4-9,12,27H,10-11,13-14H2,1-3H3,(H,23,28). The second kappa shape index (κ2) is 9.73. The van der Waals surface area contributed by atoms with E-state index in [1.807, 2.05) is 57.4 Å². The molecule has 0 bridgehead atoms. The van der Waals surface area contributed by atoms with Gasteiger partial charge in [0.15, 0.2) is 0 Å². The molecule has 0 atom stereocenters. The topological polar surface area (TPSA) is 78.4 Å². The van der Waals surface area contributed by atoms with E-state index in [0.717, 1.165) is 38.8 Å². The molecule has 0 unspecified atom stereocenters. The highest BCUT2D eigenvalue weighted by molar-refractivity contribution is 7.11. The van der Waals surface area contributed by atoms with Gasteiger partial charge in [0.1, 0.15) is 10.0 Å². The molecule has 2 aromatic carbocycles. The first-order chi connectivity index (χ1) is 14.0. The van der Waals surface area contributed by atoms with E-state index in [1.165, 1.54) is 0 Å². The van der Waals surface area contributed by atoms with E-state index in [4.69, 9.17) is 0 Å². The molecular formula is C22H26N4O2S. The number of aliphatic hydroxyl groups is 1. The predicted molar refractivity (Wildman–Crippen MR) is 116 cm³/mol. The summed E-state index contributed by atoms with van der Waals surface area (Å²) in [4.78, 5) is 14.5. The molecule has 152 valence electrons. The molecule has 1 heterocycles. The Morgan fingerprint density at radius 2 is 1.90 bits per heavy atom. The molecule has 0 radical (unpaired) electrons. The zero-order valence-corrected chi connectivity index (χ0v) is 17.8. The van der Waals surface area contributed by atoms with Crippen LogP contribution in [0.2, 0.25) is 0 Å². The van der Waals surface area contributed by atoms with Gasteiger partial charge in [0.25, 0.3) is 5.91 Å². The molecule has 0 aliphatic heterocycles. The number of nitrogens with zero attached hydrogens (tertiary/aromatic N) is 3. The summed E-state index contributed by atoms with van der Waals surface area (Å²) in [6.07, 6.45) is 0.675. The second-order valence-electron chi connectivity index (χ2n) is 7.19. The number of hydrogen-bond donors (Lipinski definition) is 2. The van der Waals surface area contributed by atoms with Crippen molar-refractivity contribution < 1.29 is 9.90 Å². The normalized spacial score (nSPS) is 11.1. The summed E-state index contributed by atoms with van der Waals surface area (Å²) in [5.74, 6) is -0.110. The number of benzene rings is 2. The predicted octanol–water partition coefficient (Wildman–Crippen LogP) is 3.04. The van der Waals surface area contributed by atoms with E-state index in [2.05, 4.69) is 26.5 Å². The van der Waals surface area contributed by atoms with Crippen molar-refractivity contribution in [1.82, 2.24) is 20.4 Å². The van der Waals surface area contributed by atoms with Gasteiger partial charge in [-0.25, -0.2) is 0 Å². The maximum absolute atomic E-state index is 12.4. The van der Waals surface area contributed by atoms with E-state index in [-0.39, 0.29) is 12.5 Å². The third-order valence-electron chi connectivity index (χ3n) is 4.49. The van der Waals surface area contributed by atoms with Crippen molar-refractivity contribution in [3.05, 3.63) is 69.2 Å². The Morgan fingerprint density at radius 1 is 1.14 bits per heavy atom. The van der Waals surface area contributed by atoms with Gasteiger partial charge in [-0.1, -0.05) is 30.3 Å². The third-order valence-corrected chi connectivity index (χ3v) is 5.39. The van der Waals surface area contributed by atoms with Gasteiger partial charge in [0, 0.05) is 25.1 Å². The fraction of sp³-hybridized carbons (Fsp3) is 0.318. The molecule has 7 heteroatoms. The van der Waals surface area contributed by atoms with Crippen molar-refractivity contribution in [2.75, 3.05) is 20.6 Å². The molecule has 0 saturated carbocycles. The third kappa shape index (κ3) is 5.69. The maximum Gasteiger partial charge on any atom is 0.251 e. The van der Waals surface area contributed by atoms with Crippen molar-refractivity contribution in [1.29, 1.82) is 0 Å². The van der Waals surface area contributed by atoms with Gasteiger partial charge in [-0.2, -0.15) is 0 Å². The number of rotatable bonds is 8. The maximum atomic E-state index is 12.4. The number of carbonyl (C=O) groups is 1. The summed E-state index contributed by atoms with van der Waals surface area (Å²) < 4.78 is 0. The molecule has 0 fully saturated rings. The number of aryl methyl sites for hydroxylation is 1. The van der Waals surface area contributed by atoms with Crippen LogP contribution in [-0.4, -0.2) is 46.8 Å². The van der Waals surface area contributed by atoms with Crippen LogP contribution >= 0.6 is 11.3 Å². The van der Waals surface area contributed by atoms with Gasteiger partial charge >= 0.3 is 0 Å². The molecule has 3 aromatic rings. The molecule has 6 nitrogen and oxygen atoms in total. The van der Waals surface area contributed by atoms with Crippen molar-refractivity contribution in [2.45, 2.75) is 26.5 Å². The Bertz CT molecular complexity index is 967. The first kappa shape index (κ1) is 21.1. The highest BCUT2D eigenvalue weighted by atomic mass is 32.1. The zero-order valence-electron chi connectivity index (χ0n) is 17.0. The van der Waals surface area contributed by atoms with Crippen molar-refractivity contribution in [2.24, 2.45) is 0 Å². The SMILES string of the molecule is Cc1nnc(CCNC(=O)c2ccc(-c3ccc(CN(C)C)cc3CO)cc2)s1. The quantitative estimate of drug-likeness (QED) is 0.597. The summed E-state index contributed by atoms with van der Waals surface area (Å²) in [6.45, 7) is 3.24. The molecule has 3 rings (SSSR count). The molecule has 1 amide bonds. The largest absolute Gasteiger partial charge is 0.392 e. The molecule has 1 aromatic heterocycles. The Hall–Kier alpha value is -2.61. The number of amides is 1. The van der Waals surface area contributed by atoms with E-state index < -0.39 is 0 Å². The van der Waals surface area contributed by atoms with Gasteiger partial charge in [0.2, 0.25) is 0 Å². The minimum atomic E-state index is -0.110. The molecule has 2 N–H and O–H groups in total. The second-order valence-corrected chi connectivity index (χ2v) is 8.45. The van der Waals surface area contributed by atoms with Crippen LogP contribution in [0.3, 0.4) is 0 Å². The lowest BCUT2D eigenvalue weighted by atomic mass is 9.97. The van der Waals surface area contributed by atoms with Gasteiger partial charge in [-0.05, 0) is 55.4 Å². The Kier molecular flexibility index (Phi) is 7.09. The van der Waals surface area contributed by atoms with Gasteiger partial charge in [-0.3, -0.25) is 4.79 Å². The number of nitrogens with one attached hydrogen (secondary N) is 1. The summed E-state index contributed by atoms with van der Waals surface area (Å²) in [6, 6.07) is 13.6. The zero-order chi connectivity index (χ0) is 20.8. The number of aliphatic hydroxyl groups excluding tert-OH is 1. The number of aromatic nitrogens is 2. The highest BCUT2D eigenvalue weighted by Gasteiger charge is 2.10. The smallest absolute Gasteiger partial charge is 0.251 e. The van der Waals surface area contributed by atoms with E-state index in [0.29, 0.717) is 18.5 Å². The number of carbonyl (C=O) groups excluding carboxylic acids is 1. The summed E-state index contributed by atoms with van der Waals surface area (Å²) in [5, 5.41) is 22.6. The van der Waals surface area contributed by atoms with E-state index >= 15 is 0 Å². The molecule has 0 aliphatic rings. The van der Waals surface area contributed by atoms with Crippen LogP contribution in [0.5, 0.6) is 0 Å². The molecule has 0 aliphatic carbocycles. The fourth-order valence-corrected chi connectivity index (χ4v) is 3.86. The van der Waals surface area contributed by atoms with Gasteiger partial charge < -0.3 is 15.3 Å². The highest BCUT2D eigenvalue weighted by Crippen LogP contribution is 2.26. The Morgan fingerprint density at radius 3 is 2.52 bits per heavy atom. The van der Waals surface area contributed by atoms with Crippen LogP contribution < -0.4 is 5.32 Å². The van der Waals surface area contributed by atoms with Gasteiger partial charge in [-0.15, -0.1) is 21.5 Å². The lowest BCUT2D eigenvalue weighted by molar-refractivity contribution is 0.0954. The van der Waals surface area contributed by atoms with Crippen molar-refractivity contribution >= 4 is 17.2 Å². The summed E-state index contributed by atoms with van der Waals surface area (Å²) in [5.41, 5.74) is 4.61. The van der Waals surface area contributed by atoms with Crippen LogP contribution in [-0.2, 0) is 19.6 Å². The molecular weight excluding hydrogens is 384 g/mol.